The van der Waals surface area contributed by atoms with Gasteiger partial charge in [0.1, 0.15) is 0 Å². The van der Waals surface area contributed by atoms with Crippen molar-refractivity contribution in [3.05, 3.63) is 140 Å². The van der Waals surface area contributed by atoms with Crippen molar-refractivity contribution in [2.75, 3.05) is 4.81 Å². The minimum atomic E-state index is 0.0673. The molecule has 1 aromatic heterocycles. The number of hydrogen-bond acceptors (Lipinski definition) is 1. The van der Waals surface area contributed by atoms with Crippen LogP contribution in [-0.4, -0.2) is 11.4 Å². The number of rotatable bonds is 2. The van der Waals surface area contributed by atoms with Gasteiger partial charge in [0.2, 0.25) is 0 Å². The largest absolute Gasteiger partial charge is 0.376 e. The van der Waals surface area contributed by atoms with Gasteiger partial charge in [0.15, 0.2) is 0 Å². The molecule has 0 unspecified atom stereocenters. The molecule has 39 heavy (non-hydrogen) atoms. The maximum atomic E-state index is 2.55. The Hall–Kier alpha value is -5.02. The summed E-state index contributed by atoms with van der Waals surface area (Å²) in [5, 5.41) is 2.61. The second kappa shape index (κ2) is 7.75. The van der Waals surface area contributed by atoms with E-state index in [2.05, 4.69) is 149 Å². The summed E-state index contributed by atoms with van der Waals surface area (Å²) in [4.78, 5) is 2.55. The third kappa shape index (κ3) is 2.77. The summed E-state index contributed by atoms with van der Waals surface area (Å²) in [5.41, 5.74) is 14.1. The summed E-state index contributed by atoms with van der Waals surface area (Å²) in [6, 6.07) is 51.1. The summed E-state index contributed by atoms with van der Waals surface area (Å²) in [5.74, 6) is 0. The monoisotopic (exact) mass is 494 g/mol. The van der Waals surface area contributed by atoms with Crippen molar-refractivity contribution in [3.63, 3.8) is 0 Å². The van der Waals surface area contributed by atoms with Gasteiger partial charge in [-0.05, 0) is 64.0 Å². The average Bonchev–Trinajstić information content (AvgIpc) is 3.35. The van der Waals surface area contributed by atoms with E-state index in [1.54, 1.807) is 0 Å². The molecule has 6 aromatic carbocycles. The normalized spacial score (nSPS) is 13.0. The molecule has 0 radical (unpaired) electrons. The van der Waals surface area contributed by atoms with Crippen molar-refractivity contribution < 1.29 is 0 Å². The lowest BCUT2D eigenvalue weighted by Gasteiger charge is -2.42. The van der Waals surface area contributed by atoms with Crippen molar-refractivity contribution in [1.29, 1.82) is 0 Å². The van der Waals surface area contributed by atoms with Crippen molar-refractivity contribution in [2.24, 2.45) is 0 Å². The van der Waals surface area contributed by atoms with Gasteiger partial charge in [-0.15, -0.1) is 0 Å². The summed E-state index contributed by atoms with van der Waals surface area (Å²) in [6.45, 7) is 0.0673. The first-order chi connectivity index (χ1) is 19.4. The third-order valence-corrected chi connectivity index (χ3v) is 8.55. The molecule has 3 heterocycles. The zero-order valence-electron chi connectivity index (χ0n) is 21.3. The smallest absolute Gasteiger partial charge is 0.333 e. The van der Waals surface area contributed by atoms with Gasteiger partial charge in [-0.3, -0.25) is 0 Å². The summed E-state index contributed by atoms with van der Waals surface area (Å²) >= 11 is 0. The van der Waals surface area contributed by atoms with Crippen LogP contribution in [0.2, 0.25) is 0 Å². The Labute approximate surface area is 227 Å². The molecule has 0 aliphatic carbocycles. The number of hydrogen-bond donors (Lipinski definition) is 0. The molecular weight excluding hydrogens is 471 g/mol. The van der Waals surface area contributed by atoms with Crippen LogP contribution in [0.25, 0.3) is 49.7 Å². The first kappa shape index (κ1) is 21.0. The van der Waals surface area contributed by atoms with E-state index in [4.69, 9.17) is 0 Å². The number of nitrogens with zero attached hydrogens (tertiary/aromatic N) is 2. The molecule has 2 aliphatic rings. The van der Waals surface area contributed by atoms with Crippen LogP contribution in [-0.2, 0) is 0 Å². The highest BCUT2D eigenvalue weighted by molar-refractivity contribution is 6.93. The highest BCUT2D eigenvalue weighted by Gasteiger charge is 2.43. The first-order valence-electron chi connectivity index (χ1n) is 13.6. The number of aromatic nitrogens is 1. The number of benzene rings is 6. The molecule has 0 bridgehead atoms. The second-order valence-electron chi connectivity index (χ2n) is 10.5. The van der Waals surface area contributed by atoms with Gasteiger partial charge in [0.25, 0.3) is 0 Å². The van der Waals surface area contributed by atoms with Crippen molar-refractivity contribution in [1.82, 2.24) is 4.57 Å². The van der Waals surface area contributed by atoms with E-state index < -0.39 is 0 Å². The van der Waals surface area contributed by atoms with E-state index in [1.807, 2.05) is 0 Å². The fourth-order valence-electron chi connectivity index (χ4n) is 7.00. The Morgan fingerprint density at radius 3 is 2.08 bits per heavy atom. The molecule has 0 amide bonds. The van der Waals surface area contributed by atoms with E-state index in [9.17, 15) is 0 Å². The van der Waals surface area contributed by atoms with Crippen LogP contribution in [0.1, 0.15) is 0 Å². The minimum absolute atomic E-state index is 0.0673. The van der Waals surface area contributed by atoms with E-state index in [0.717, 1.165) is 0 Å². The molecule has 2 aliphatic heterocycles. The van der Waals surface area contributed by atoms with Gasteiger partial charge in [-0.1, -0.05) is 103 Å². The van der Waals surface area contributed by atoms with Crippen LogP contribution < -0.4 is 15.7 Å². The third-order valence-electron chi connectivity index (χ3n) is 8.55. The van der Waals surface area contributed by atoms with Crippen LogP contribution >= 0.6 is 0 Å². The van der Waals surface area contributed by atoms with Crippen LogP contribution in [0.5, 0.6) is 0 Å². The van der Waals surface area contributed by atoms with E-state index in [-0.39, 0.29) is 6.85 Å². The zero-order chi connectivity index (χ0) is 25.5. The Bertz CT molecular complexity index is 2080. The number of para-hydroxylation sites is 4. The quantitative estimate of drug-likeness (QED) is 0.224. The molecule has 0 N–H and O–H groups in total. The van der Waals surface area contributed by atoms with Gasteiger partial charge in [-0.2, -0.15) is 0 Å². The Morgan fingerprint density at radius 1 is 0.487 bits per heavy atom. The fourth-order valence-corrected chi connectivity index (χ4v) is 7.00. The summed E-state index contributed by atoms with van der Waals surface area (Å²) in [6.07, 6.45) is 0. The van der Waals surface area contributed by atoms with Crippen molar-refractivity contribution in [2.45, 2.75) is 0 Å². The fraction of sp³-hybridized carbons (Fsp3) is 0. The average molecular weight is 494 g/mol. The molecule has 0 saturated carbocycles. The van der Waals surface area contributed by atoms with Crippen LogP contribution in [0.15, 0.2) is 140 Å². The van der Waals surface area contributed by atoms with Crippen LogP contribution in [0.4, 0.5) is 11.4 Å². The molecular formula is C36H23BN2. The Morgan fingerprint density at radius 2 is 1.21 bits per heavy atom. The van der Waals surface area contributed by atoms with Crippen molar-refractivity contribution in [3.8, 4) is 27.9 Å². The molecule has 2 nitrogen and oxygen atoms in total. The van der Waals surface area contributed by atoms with E-state index in [0.29, 0.717) is 0 Å². The maximum Gasteiger partial charge on any atom is 0.333 e. The predicted molar refractivity (Wildman–Crippen MR) is 165 cm³/mol. The molecule has 0 atom stereocenters. The molecule has 0 saturated heterocycles. The molecule has 0 spiro atoms. The molecule has 9 rings (SSSR count). The van der Waals surface area contributed by atoms with E-state index in [1.165, 1.54) is 72.0 Å². The Kier molecular flexibility index (Phi) is 4.17. The predicted octanol–water partition coefficient (Wildman–Crippen LogP) is 7.69. The van der Waals surface area contributed by atoms with Crippen molar-refractivity contribution >= 4 is 51.0 Å². The summed E-state index contributed by atoms with van der Waals surface area (Å²) < 4.78 is 2.53. The van der Waals surface area contributed by atoms with Gasteiger partial charge in [0, 0.05) is 33.4 Å². The highest BCUT2D eigenvalue weighted by Crippen LogP contribution is 2.45. The van der Waals surface area contributed by atoms with Crippen LogP contribution in [0.3, 0.4) is 0 Å². The summed E-state index contributed by atoms with van der Waals surface area (Å²) in [7, 11) is 0. The lowest BCUT2D eigenvalue weighted by atomic mass is 9.44. The number of fused-ring (bicyclic) bond motifs is 7. The number of anilines is 2. The molecule has 180 valence electrons. The van der Waals surface area contributed by atoms with Gasteiger partial charge in [-0.25, -0.2) is 0 Å². The topological polar surface area (TPSA) is 8.17 Å². The maximum absolute atomic E-state index is 2.55. The lowest BCUT2D eigenvalue weighted by Crippen LogP contribution is -2.60. The standard InChI is InChI=1S/C36H23BN2/c1-3-12-24(13-4-1)25-22-30-28-17-8-10-21-33(28)39(26-14-5-2-6-15-26)37-31-19-11-18-29-27-16-7-9-20-32(27)38(36(29)31)34(23-25)35(30)37/h1-23H. The second-order valence-corrected chi connectivity index (χ2v) is 10.5. The molecule has 7 aromatic rings. The molecule has 0 fully saturated rings. The van der Waals surface area contributed by atoms with Gasteiger partial charge < -0.3 is 9.38 Å². The first-order valence-corrected chi connectivity index (χ1v) is 13.6. The SMILES string of the molecule is c1ccc(-c2cc3c4c(c2)-n2c5ccccc5c5cccc(c52)B4N(c2ccccc2)c2ccccc2-3)cc1. The van der Waals surface area contributed by atoms with Gasteiger partial charge >= 0.3 is 6.85 Å². The van der Waals surface area contributed by atoms with Crippen LogP contribution in [0, 0.1) is 0 Å². The lowest BCUT2D eigenvalue weighted by molar-refractivity contribution is 1.18. The Balaban J connectivity index is 1.50. The zero-order valence-corrected chi connectivity index (χ0v) is 21.3. The van der Waals surface area contributed by atoms with E-state index >= 15 is 0 Å². The van der Waals surface area contributed by atoms with Gasteiger partial charge in [0.05, 0.1) is 11.0 Å². The molecule has 3 heteroatoms. The highest BCUT2D eigenvalue weighted by atomic mass is 15.1. The minimum Gasteiger partial charge on any atom is -0.376 e.